The van der Waals surface area contributed by atoms with E-state index in [-0.39, 0.29) is 0 Å². The lowest BCUT2D eigenvalue weighted by atomic mass is 10.1. The summed E-state index contributed by atoms with van der Waals surface area (Å²) in [6, 6.07) is 7.42. The van der Waals surface area contributed by atoms with E-state index in [2.05, 4.69) is 33.0 Å². The first-order valence-electron chi connectivity index (χ1n) is 5.59. The first-order chi connectivity index (χ1) is 8.68. The molecule has 0 unspecified atom stereocenters. The quantitative estimate of drug-likeness (QED) is 0.770. The van der Waals surface area contributed by atoms with Gasteiger partial charge in [0.2, 0.25) is 0 Å². The molecule has 0 fully saturated rings. The summed E-state index contributed by atoms with van der Waals surface area (Å²) in [5.74, 6) is 0.733. The maximum atomic E-state index is 11.4. The molecule has 1 aromatic heterocycles. The van der Waals surface area contributed by atoms with E-state index in [9.17, 15) is 4.79 Å². The van der Waals surface area contributed by atoms with Gasteiger partial charge in [0.05, 0.1) is 5.69 Å². The minimum Gasteiger partial charge on any atom is -0.369 e. The van der Waals surface area contributed by atoms with E-state index in [1.54, 1.807) is 0 Å². The van der Waals surface area contributed by atoms with Gasteiger partial charge in [0, 0.05) is 21.2 Å². The average molecular weight is 354 g/mol. The van der Waals surface area contributed by atoms with Gasteiger partial charge in [0.1, 0.15) is 5.82 Å². The average Bonchev–Trinajstić information content (AvgIpc) is 2.90. The number of hydrogen-bond donors (Lipinski definition) is 2. The highest BCUT2D eigenvalue weighted by Crippen LogP contribution is 2.34. The molecule has 1 aliphatic rings. The highest BCUT2D eigenvalue weighted by atomic mass is 127. The van der Waals surface area contributed by atoms with Crippen molar-refractivity contribution >= 4 is 34.4 Å². The maximum absolute atomic E-state index is 11.4. The van der Waals surface area contributed by atoms with Gasteiger partial charge in [-0.05, 0) is 35.1 Å². The van der Waals surface area contributed by atoms with Crippen molar-refractivity contribution in [3.63, 3.8) is 0 Å². The minimum atomic E-state index is -0.558. The number of primary amides is 1. The van der Waals surface area contributed by atoms with Gasteiger partial charge in [-0.2, -0.15) is 9.78 Å². The Bertz CT molecular complexity index is 635. The Morgan fingerprint density at radius 2 is 2.22 bits per heavy atom. The van der Waals surface area contributed by atoms with Crippen LogP contribution in [0.1, 0.15) is 5.56 Å². The summed E-state index contributed by atoms with van der Waals surface area (Å²) in [7, 11) is 0. The third kappa shape index (κ3) is 1.67. The van der Waals surface area contributed by atoms with E-state index in [1.807, 2.05) is 24.3 Å². The molecule has 1 aliphatic heterocycles. The third-order valence-corrected chi connectivity index (χ3v) is 3.93. The minimum absolute atomic E-state index is 0.558. The summed E-state index contributed by atoms with van der Waals surface area (Å²) in [4.78, 5) is 11.4. The Morgan fingerprint density at radius 1 is 1.44 bits per heavy atom. The van der Waals surface area contributed by atoms with Gasteiger partial charge < -0.3 is 11.1 Å². The number of nitrogens with two attached hydrogens (primary N) is 1. The second kappa shape index (κ2) is 4.27. The van der Waals surface area contributed by atoms with Crippen molar-refractivity contribution in [2.45, 2.75) is 6.42 Å². The van der Waals surface area contributed by atoms with Crippen LogP contribution < -0.4 is 11.1 Å². The lowest BCUT2D eigenvalue weighted by molar-refractivity contribution is 0.248. The molecule has 0 aliphatic carbocycles. The maximum Gasteiger partial charge on any atom is 0.341 e. The zero-order chi connectivity index (χ0) is 12.7. The number of benzene rings is 1. The van der Waals surface area contributed by atoms with Crippen molar-refractivity contribution in [1.29, 1.82) is 0 Å². The number of aromatic nitrogens is 2. The standard InChI is InChI=1S/C12H11IN4O/c13-9-4-2-1-3-7(9)10-8-5-6-15-11(8)17(16-10)12(14)18/h1-4,15H,5-6H2,(H2,14,18). The first kappa shape index (κ1) is 11.5. The summed E-state index contributed by atoms with van der Waals surface area (Å²) in [6.07, 6.45) is 0.864. The van der Waals surface area contributed by atoms with Crippen LogP contribution >= 0.6 is 22.6 Å². The summed E-state index contributed by atoms with van der Waals surface area (Å²) in [5, 5.41) is 7.49. The number of carbonyl (C=O) groups is 1. The Labute approximate surface area is 117 Å². The van der Waals surface area contributed by atoms with Gasteiger partial charge >= 0.3 is 6.03 Å². The number of carbonyl (C=O) groups excluding carboxylic acids is 1. The molecule has 0 spiro atoms. The number of anilines is 1. The number of hydrogen-bond acceptors (Lipinski definition) is 3. The zero-order valence-corrected chi connectivity index (χ0v) is 11.6. The SMILES string of the molecule is NC(=O)n1nc(-c2ccccc2I)c2c1NCC2. The summed E-state index contributed by atoms with van der Waals surface area (Å²) in [6.45, 7) is 0.816. The molecule has 3 rings (SSSR count). The second-order valence-corrected chi connectivity index (χ2v) is 5.24. The molecule has 2 heterocycles. The number of nitrogens with one attached hydrogen (secondary N) is 1. The van der Waals surface area contributed by atoms with Crippen molar-refractivity contribution in [3.05, 3.63) is 33.4 Å². The van der Waals surface area contributed by atoms with Crippen LogP contribution in [0.5, 0.6) is 0 Å². The number of nitrogens with zero attached hydrogens (tertiary/aromatic N) is 2. The second-order valence-electron chi connectivity index (χ2n) is 4.08. The first-order valence-corrected chi connectivity index (χ1v) is 6.67. The van der Waals surface area contributed by atoms with Crippen LogP contribution in [0.2, 0.25) is 0 Å². The van der Waals surface area contributed by atoms with Gasteiger partial charge in [0.15, 0.2) is 0 Å². The van der Waals surface area contributed by atoms with Crippen LogP contribution in [-0.4, -0.2) is 22.4 Å². The van der Waals surface area contributed by atoms with Crippen molar-refractivity contribution in [2.75, 3.05) is 11.9 Å². The Morgan fingerprint density at radius 3 is 2.94 bits per heavy atom. The van der Waals surface area contributed by atoms with Crippen molar-refractivity contribution in [3.8, 4) is 11.3 Å². The van der Waals surface area contributed by atoms with Gasteiger partial charge in [-0.1, -0.05) is 18.2 Å². The fourth-order valence-electron chi connectivity index (χ4n) is 2.20. The highest BCUT2D eigenvalue weighted by molar-refractivity contribution is 14.1. The van der Waals surface area contributed by atoms with E-state index in [0.717, 1.165) is 39.2 Å². The lowest BCUT2D eigenvalue weighted by Crippen LogP contribution is -2.22. The fourth-order valence-corrected chi connectivity index (χ4v) is 2.85. The van der Waals surface area contributed by atoms with Crippen LogP contribution in [0.25, 0.3) is 11.3 Å². The van der Waals surface area contributed by atoms with Crippen LogP contribution in [0, 0.1) is 3.57 Å². The Hall–Kier alpha value is -1.57. The zero-order valence-electron chi connectivity index (χ0n) is 9.48. The van der Waals surface area contributed by atoms with Crippen LogP contribution in [0.4, 0.5) is 10.6 Å². The molecule has 3 N–H and O–H groups in total. The topological polar surface area (TPSA) is 72.9 Å². The number of rotatable bonds is 1. The third-order valence-electron chi connectivity index (χ3n) is 2.99. The highest BCUT2D eigenvalue weighted by Gasteiger charge is 2.25. The summed E-state index contributed by atoms with van der Waals surface area (Å²) in [5.41, 5.74) is 8.29. The molecule has 5 nitrogen and oxygen atoms in total. The summed E-state index contributed by atoms with van der Waals surface area (Å²) >= 11 is 2.27. The largest absolute Gasteiger partial charge is 0.369 e. The predicted molar refractivity (Wildman–Crippen MR) is 77.6 cm³/mol. The molecule has 0 bridgehead atoms. The molecule has 92 valence electrons. The van der Waals surface area contributed by atoms with Gasteiger partial charge in [-0.3, -0.25) is 0 Å². The molecule has 0 radical (unpaired) electrons. The number of fused-ring (bicyclic) bond motifs is 1. The van der Waals surface area contributed by atoms with E-state index >= 15 is 0 Å². The molecule has 6 heteroatoms. The van der Waals surface area contributed by atoms with E-state index in [4.69, 9.17) is 5.73 Å². The Balaban J connectivity index is 2.23. The summed E-state index contributed by atoms with van der Waals surface area (Å²) < 4.78 is 2.36. The molecule has 1 aromatic carbocycles. The van der Waals surface area contributed by atoms with Gasteiger partial charge in [0.25, 0.3) is 0 Å². The fraction of sp³-hybridized carbons (Fsp3) is 0.167. The molecule has 0 atom stereocenters. The Kier molecular flexibility index (Phi) is 2.73. The number of amides is 1. The lowest BCUT2D eigenvalue weighted by Gasteiger charge is -2.02. The molecule has 2 aromatic rings. The van der Waals surface area contributed by atoms with Crippen molar-refractivity contribution in [2.24, 2.45) is 5.73 Å². The molecular formula is C12H11IN4O. The normalized spacial score (nSPS) is 13.2. The van der Waals surface area contributed by atoms with E-state index in [1.165, 1.54) is 4.68 Å². The molecular weight excluding hydrogens is 343 g/mol. The smallest absolute Gasteiger partial charge is 0.341 e. The van der Waals surface area contributed by atoms with Gasteiger partial charge in [-0.15, -0.1) is 0 Å². The van der Waals surface area contributed by atoms with Crippen molar-refractivity contribution in [1.82, 2.24) is 9.78 Å². The monoisotopic (exact) mass is 354 g/mol. The molecule has 18 heavy (non-hydrogen) atoms. The van der Waals surface area contributed by atoms with Crippen molar-refractivity contribution < 1.29 is 4.79 Å². The number of halogens is 1. The van der Waals surface area contributed by atoms with E-state index in [0.29, 0.717) is 0 Å². The predicted octanol–water partition coefficient (Wildman–Crippen LogP) is 2.05. The van der Waals surface area contributed by atoms with E-state index < -0.39 is 6.03 Å². The van der Waals surface area contributed by atoms with Gasteiger partial charge in [-0.25, -0.2) is 4.79 Å². The molecule has 0 saturated carbocycles. The van der Waals surface area contributed by atoms with Crippen LogP contribution in [0.15, 0.2) is 24.3 Å². The molecule has 0 saturated heterocycles. The van der Waals surface area contributed by atoms with Crippen LogP contribution in [-0.2, 0) is 6.42 Å². The van der Waals surface area contributed by atoms with Crippen LogP contribution in [0.3, 0.4) is 0 Å². The molecule has 1 amide bonds.